The summed E-state index contributed by atoms with van der Waals surface area (Å²) < 4.78 is 9.71. The summed E-state index contributed by atoms with van der Waals surface area (Å²) in [6.07, 6.45) is 4.55. The van der Waals surface area contributed by atoms with E-state index >= 15 is 0 Å². The molecular formula is C19H26IOSSi. The highest BCUT2D eigenvalue weighted by atomic mass is 127. The molecule has 0 aliphatic heterocycles. The first-order valence-corrected chi connectivity index (χ1v) is 12.6. The molecule has 2 rings (SSSR count). The van der Waals surface area contributed by atoms with Crippen molar-refractivity contribution in [3.8, 4) is 0 Å². The van der Waals surface area contributed by atoms with Crippen LogP contribution in [0.3, 0.4) is 0 Å². The Kier molecular flexibility index (Phi) is 7.32. The Morgan fingerprint density at radius 2 is 2.04 bits per heavy atom. The number of benzene rings is 1. The third-order valence-corrected chi connectivity index (χ3v) is 8.89. The number of ether oxygens (including phenoxy) is 1. The van der Waals surface area contributed by atoms with Crippen LogP contribution in [-0.2, 0) is 11.2 Å². The van der Waals surface area contributed by atoms with Crippen LogP contribution < -0.4 is 0 Å². The van der Waals surface area contributed by atoms with Gasteiger partial charge in [0.05, 0.1) is 14.9 Å². The van der Waals surface area contributed by atoms with Crippen molar-refractivity contribution in [2.75, 3.05) is 6.61 Å². The molecule has 0 aliphatic rings. The van der Waals surface area contributed by atoms with Crippen LogP contribution in [0.5, 0.6) is 0 Å². The Bertz CT molecular complexity index is 615. The van der Waals surface area contributed by atoms with E-state index < -0.39 is 0 Å². The van der Waals surface area contributed by atoms with Gasteiger partial charge in [0.2, 0.25) is 0 Å². The molecule has 1 nitrogen and oxygen atoms in total. The first-order valence-electron chi connectivity index (χ1n) is 8.09. The number of fused-ring (bicyclic) bond motifs is 1. The Morgan fingerprint density at radius 1 is 1.30 bits per heavy atom. The van der Waals surface area contributed by atoms with Gasteiger partial charge in [-0.05, 0) is 45.6 Å². The molecule has 2 aromatic rings. The zero-order chi connectivity index (χ0) is 16.9. The summed E-state index contributed by atoms with van der Waals surface area (Å²) in [7, 11) is -0.353. The maximum Gasteiger partial charge on any atom is 0.0766 e. The molecule has 0 amide bonds. The fourth-order valence-corrected chi connectivity index (χ4v) is 4.14. The molecule has 4 heteroatoms. The van der Waals surface area contributed by atoms with Crippen molar-refractivity contribution in [2.24, 2.45) is 0 Å². The lowest BCUT2D eigenvalue weighted by Gasteiger charge is -2.29. The molecule has 0 bridgehead atoms. The van der Waals surface area contributed by atoms with Crippen molar-refractivity contribution in [3.63, 3.8) is 0 Å². The molecule has 0 saturated carbocycles. The lowest BCUT2D eigenvalue weighted by atomic mass is 10.1. The fourth-order valence-electron chi connectivity index (χ4n) is 2.22. The van der Waals surface area contributed by atoms with Crippen molar-refractivity contribution < 1.29 is 4.74 Å². The molecule has 0 aliphatic carbocycles. The Morgan fingerprint density at radius 3 is 2.70 bits per heavy atom. The fraction of sp³-hybridized carbons (Fsp3) is 0.474. The smallest absolute Gasteiger partial charge is 0.0766 e. The van der Waals surface area contributed by atoms with Crippen molar-refractivity contribution in [1.29, 1.82) is 0 Å². The summed E-state index contributed by atoms with van der Waals surface area (Å²) in [5.41, 5.74) is 0. The van der Waals surface area contributed by atoms with Gasteiger partial charge in [0.25, 0.3) is 0 Å². The maximum absolute atomic E-state index is 6.24. The van der Waals surface area contributed by atoms with E-state index in [0.717, 1.165) is 19.4 Å². The van der Waals surface area contributed by atoms with Gasteiger partial charge in [-0.1, -0.05) is 67.7 Å². The third kappa shape index (κ3) is 5.69. The SMILES string of the molecule is C[Si](C)C(C)(C)COC(/C=C/I)CCc1cc2ccccc2s1. The monoisotopic (exact) mass is 457 g/mol. The normalized spacial score (nSPS) is 14.2. The van der Waals surface area contributed by atoms with Gasteiger partial charge >= 0.3 is 0 Å². The lowest BCUT2D eigenvalue weighted by molar-refractivity contribution is 0.0636. The second-order valence-electron chi connectivity index (χ2n) is 6.84. The zero-order valence-electron chi connectivity index (χ0n) is 14.4. The molecule has 1 radical (unpaired) electrons. The van der Waals surface area contributed by atoms with E-state index in [4.69, 9.17) is 4.74 Å². The molecular weight excluding hydrogens is 431 g/mol. The Balaban J connectivity index is 1.94. The highest BCUT2D eigenvalue weighted by Crippen LogP contribution is 2.30. The second kappa shape index (κ2) is 8.79. The number of rotatable bonds is 8. The topological polar surface area (TPSA) is 9.23 Å². The van der Waals surface area contributed by atoms with Gasteiger partial charge in [-0.15, -0.1) is 11.3 Å². The summed E-state index contributed by atoms with van der Waals surface area (Å²) in [6.45, 7) is 10.3. The van der Waals surface area contributed by atoms with Crippen LogP contribution in [0.4, 0.5) is 0 Å². The van der Waals surface area contributed by atoms with Crippen molar-refractivity contribution in [2.45, 2.75) is 50.9 Å². The van der Waals surface area contributed by atoms with E-state index in [1.165, 1.54) is 15.0 Å². The molecule has 0 spiro atoms. The summed E-state index contributed by atoms with van der Waals surface area (Å²) in [5.74, 6) is 0. The van der Waals surface area contributed by atoms with E-state index in [-0.39, 0.29) is 14.9 Å². The molecule has 0 fully saturated rings. The van der Waals surface area contributed by atoms with Gasteiger partial charge in [-0.3, -0.25) is 0 Å². The molecule has 1 heterocycles. The van der Waals surface area contributed by atoms with Gasteiger partial charge in [0.15, 0.2) is 0 Å². The zero-order valence-corrected chi connectivity index (χ0v) is 18.4. The van der Waals surface area contributed by atoms with Crippen LogP contribution in [0.25, 0.3) is 10.1 Å². The van der Waals surface area contributed by atoms with Gasteiger partial charge in [0.1, 0.15) is 0 Å². The molecule has 1 aromatic heterocycles. The highest BCUT2D eigenvalue weighted by Gasteiger charge is 2.25. The van der Waals surface area contributed by atoms with Crippen LogP contribution in [0, 0.1) is 0 Å². The lowest BCUT2D eigenvalue weighted by Crippen LogP contribution is -2.28. The average Bonchev–Trinajstić information content (AvgIpc) is 2.92. The number of hydrogen-bond acceptors (Lipinski definition) is 2. The standard InChI is InChI=1S/C19H26IOSSi/c1-19(2,23(3)4)14-21-16(11-12-20)9-10-17-13-15-7-5-6-8-18(15)22-17/h5-8,11-13,16H,9-10,14H2,1-4H3/b12-11+. The van der Waals surface area contributed by atoms with Crippen molar-refractivity contribution in [3.05, 3.63) is 45.4 Å². The molecule has 23 heavy (non-hydrogen) atoms. The average molecular weight is 457 g/mol. The van der Waals surface area contributed by atoms with Gasteiger partial charge in [-0.25, -0.2) is 0 Å². The van der Waals surface area contributed by atoms with Crippen molar-refractivity contribution >= 4 is 52.8 Å². The number of thiophene rings is 1. The minimum absolute atomic E-state index is 0.220. The molecule has 0 saturated heterocycles. The highest BCUT2D eigenvalue weighted by molar-refractivity contribution is 14.1. The van der Waals surface area contributed by atoms with E-state index in [1.54, 1.807) is 0 Å². The molecule has 0 N–H and O–H groups in total. The predicted molar refractivity (Wildman–Crippen MR) is 115 cm³/mol. The van der Waals surface area contributed by atoms with E-state index in [1.807, 2.05) is 11.3 Å². The summed E-state index contributed by atoms with van der Waals surface area (Å²) in [4.78, 5) is 1.46. The number of hydrogen-bond donors (Lipinski definition) is 0. The molecule has 1 unspecified atom stereocenters. The maximum atomic E-state index is 6.24. The van der Waals surface area contributed by atoms with E-state index in [2.05, 4.69) is 90.0 Å². The number of aryl methyl sites for hydroxylation is 1. The van der Waals surface area contributed by atoms with Crippen LogP contribution in [0.2, 0.25) is 18.1 Å². The summed E-state index contributed by atoms with van der Waals surface area (Å²) in [5, 5.41) is 1.68. The van der Waals surface area contributed by atoms with Gasteiger partial charge in [0, 0.05) is 16.2 Å². The predicted octanol–water partition coefficient (Wildman–Crippen LogP) is 6.70. The minimum atomic E-state index is -0.353. The van der Waals surface area contributed by atoms with Crippen LogP contribution in [0.15, 0.2) is 40.5 Å². The van der Waals surface area contributed by atoms with Gasteiger partial charge in [-0.2, -0.15) is 0 Å². The largest absolute Gasteiger partial charge is 0.374 e. The Labute approximate surface area is 159 Å². The van der Waals surface area contributed by atoms with E-state index in [0.29, 0.717) is 5.04 Å². The second-order valence-corrected chi connectivity index (χ2v) is 12.1. The molecule has 1 aromatic carbocycles. The first-order chi connectivity index (χ1) is 10.9. The molecule has 1 atom stereocenters. The van der Waals surface area contributed by atoms with Crippen molar-refractivity contribution in [1.82, 2.24) is 0 Å². The molecule has 125 valence electrons. The minimum Gasteiger partial charge on any atom is -0.374 e. The van der Waals surface area contributed by atoms with Crippen LogP contribution in [0.1, 0.15) is 25.1 Å². The summed E-state index contributed by atoms with van der Waals surface area (Å²) >= 11 is 4.20. The third-order valence-electron chi connectivity index (χ3n) is 4.45. The number of halogens is 1. The van der Waals surface area contributed by atoms with Crippen LogP contribution >= 0.6 is 33.9 Å². The quantitative estimate of drug-likeness (QED) is 0.317. The van der Waals surface area contributed by atoms with E-state index in [9.17, 15) is 0 Å². The van der Waals surface area contributed by atoms with Gasteiger partial charge < -0.3 is 4.74 Å². The summed E-state index contributed by atoms with van der Waals surface area (Å²) in [6, 6.07) is 11.0. The first kappa shape index (κ1) is 19.2. The Hall–Kier alpha value is -0.173. The van der Waals surface area contributed by atoms with Crippen LogP contribution in [-0.4, -0.2) is 21.5 Å².